The van der Waals surface area contributed by atoms with Crippen molar-refractivity contribution in [1.29, 1.82) is 0 Å². The lowest BCUT2D eigenvalue weighted by atomic mass is 9.81. The van der Waals surface area contributed by atoms with Crippen LogP contribution in [0.2, 0.25) is 0 Å². The van der Waals surface area contributed by atoms with Crippen LogP contribution in [0.25, 0.3) is 0 Å². The van der Waals surface area contributed by atoms with Crippen molar-refractivity contribution in [1.82, 2.24) is 5.32 Å². The topological polar surface area (TPSA) is 84.9 Å². The van der Waals surface area contributed by atoms with E-state index in [2.05, 4.69) is 5.32 Å². The standard InChI is InChI=1S/C21H22N2O5S/c1-4-28-20(26)21(2)16-15(17(22-21)14-6-5-11-29-14)18(24)23(19(16)25)12-7-9-13(27-3)10-8-12/h5-11,15-17,22H,4H2,1-3H3/t15-,16-,17-,21-/m0/s1. The van der Waals surface area contributed by atoms with Gasteiger partial charge in [0.15, 0.2) is 0 Å². The number of ether oxygens (including phenoxy) is 2. The molecule has 2 aliphatic heterocycles. The smallest absolute Gasteiger partial charge is 0.326 e. The quantitative estimate of drug-likeness (QED) is 0.598. The van der Waals surface area contributed by atoms with Crippen molar-refractivity contribution in [2.45, 2.75) is 25.4 Å². The highest BCUT2D eigenvalue weighted by atomic mass is 32.1. The summed E-state index contributed by atoms with van der Waals surface area (Å²) in [5.41, 5.74) is -0.824. The zero-order chi connectivity index (χ0) is 20.8. The maximum Gasteiger partial charge on any atom is 0.326 e. The van der Waals surface area contributed by atoms with Crippen molar-refractivity contribution in [2.75, 3.05) is 18.6 Å². The van der Waals surface area contributed by atoms with Crippen LogP contribution in [0.5, 0.6) is 5.75 Å². The van der Waals surface area contributed by atoms with Gasteiger partial charge in [0.05, 0.1) is 37.3 Å². The lowest BCUT2D eigenvalue weighted by Crippen LogP contribution is -2.54. The number of nitrogens with zero attached hydrogens (tertiary/aromatic N) is 1. The summed E-state index contributed by atoms with van der Waals surface area (Å²) in [6.45, 7) is 3.57. The predicted octanol–water partition coefficient (Wildman–Crippen LogP) is 2.53. The Hall–Kier alpha value is -2.71. The van der Waals surface area contributed by atoms with Crippen molar-refractivity contribution in [3.8, 4) is 5.75 Å². The third kappa shape index (κ3) is 2.94. The first-order chi connectivity index (χ1) is 13.9. The fraction of sp³-hybridized carbons (Fsp3) is 0.381. The van der Waals surface area contributed by atoms with Crippen molar-refractivity contribution >= 4 is 34.8 Å². The molecule has 2 saturated heterocycles. The van der Waals surface area contributed by atoms with Crippen LogP contribution in [0.4, 0.5) is 5.69 Å². The second kappa shape index (κ2) is 7.27. The van der Waals surface area contributed by atoms with Gasteiger partial charge in [-0.1, -0.05) is 6.07 Å². The minimum absolute atomic E-state index is 0.196. The lowest BCUT2D eigenvalue weighted by molar-refractivity contribution is -0.153. The fourth-order valence-electron chi connectivity index (χ4n) is 4.31. The van der Waals surface area contributed by atoms with Crippen LogP contribution in [-0.2, 0) is 19.1 Å². The molecule has 2 aromatic rings. The molecule has 8 heteroatoms. The highest BCUT2D eigenvalue weighted by molar-refractivity contribution is 7.10. The summed E-state index contributed by atoms with van der Waals surface area (Å²) in [5.74, 6) is -2.13. The summed E-state index contributed by atoms with van der Waals surface area (Å²) in [6.07, 6.45) is 0. The molecule has 1 aromatic carbocycles. The molecule has 2 amide bonds. The molecule has 0 unspecified atom stereocenters. The van der Waals surface area contributed by atoms with Gasteiger partial charge < -0.3 is 9.47 Å². The van der Waals surface area contributed by atoms with Gasteiger partial charge in [0.25, 0.3) is 0 Å². The monoisotopic (exact) mass is 414 g/mol. The van der Waals surface area contributed by atoms with E-state index in [1.807, 2.05) is 17.5 Å². The Labute approximate surface area is 172 Å². The first kappa shape index (κ1) is 19.6. The molecule has 152 valence electrons. The van der Waals surface area contributed by atoms with Crippen molar-refractivity contribution in [2.24, 2.45) is 11.8 Å². The molecule has 0 aliphatic carbocycles. The van der Waals surface area contributed by atoms with Crippen LogP contribution in [0, 0.1) is 11.8 Å². The number of methoxy groups -OCH3 is 1. The maximum absolute atomic E-state index is 13.4. The molecular formula is C21H22N2O5S. The number of carbonyl (C=O) groups is 3. The minimum atomic E-state index is -1.29. The Morgan fingerprint density at radius 1 is 1.21 bits per heavy atom. The predicted molar refractivity (Wildman–Crippen MR) is 108 cm³/mol. The summed E-state index contributed by atoms with van der Waals surface area (Å²) in [4.78, 5) is 41.8. The summed E-state index contributed by atoms with van der Waals surface area (Å²) >= 11 is 1.49. The number of hydrogen-bond donors (Lipinski definition) is 1. The normalized spacial score (nSPS) is 28.5. The molecule has 0 bridgehead atoms. The SMILES string of the molecule is CCOC(=O)[C@@]1(C)N[C@@H](c2cccs2)[C@H]2C(=O)N(c3ccc(OC)cc3)C(=O)[C@H]21. The summed E-state index contributed by atoms with van der Waals surface area (Å²) in [6, 6.07) is 10.1. The average Bonchev–Trinajstić information content (AvgIpc) is 3.40. The van der Waals surface area contributed by atoms with E-state index in [4.69, 9.17) is 9.47 Å². The Bertz CT molecular complexity index is 942. The number of imide groups is 1. The number of esters is 1. The van der Waals surface area contributed by atoms with Crippen molar-refractivity contribution in [3.63, 3.8) is 0 Å². The van der Waals surface area contributed by atoms with Gasteiger partial charge in [-0.3, -0.25) is 19.7 Å². The number of carbonyl (C=O) groups excluding carboxylic acids is 3. The van der Waals surface area contributed by atoms with E-state index in [0.29, 0.717) is 11.4 Å². The summed E-state index contributed by atoms with van der Waals surface area (Å²) < 4.78 is 10.4. The molecule has 2 aliphatic rings. The second-order valence-electron chi connectivity index (χ2n) is 7.27. The molecule has 0 radical (unpaired) electrons. The fourth-order valence-corrected chi connectivity index (χ4v) is 5.13. The van der Waals surface area contributed by atoms with Crippen LogP contribution in [-0.4, -0.2) is 37.0 Å². The minimum Gasteiger partial charge on any atom is -0.497 e. The van der Waals surface area contributed by atoms with E-state index in [0.717, 1.165) is 4.88 Å². The molecule has 7 nitrogen and oxygen atoms in total. The Kier molecular flexibility index (Phi) is 4.92. The van der Waals surface area contributed by atoms with Gasteiger partial charge >= 0.3 is 5.97 Å². The highest BCUT2D eigenvalue weighted by Crippen LogP contribution is 2.50. The van der Waals surface area contributed by atoms with Gasteiger partial charge in [0, 0.05) is 4.88 Å². The van der Waals surface area contributed by atoms with E-state index < -0.39 is 35.3 Å². The summed E-state index contributed by atoms with van der Waals surface area (Å²) in [5, 5.41) is 5.17. The number of nitrogens with one attached hydrogen (secondary N) is 1. The number of rotatable bonds is 5. The molecule has 4 rings (SSSR count). The van der Waals surface area contributed by atoms with E-state index in [1.54, 1.807) is 45.2 Å². The lowest BCUT2D eigenvalue weighted by Gasteiger charge is -2.29. The van der Waals surface area contributed by atoms with Gasteiger partial charge in [-0.05, 0) is 49.6 Å². The highest BCUT2D eigenvalue weighted by Gasteiger charge is 2.67. The third-order valence-electron chi connectivity index (χ3n) is 5.67. The Morgan fingerprint density at radius 3 is 2.52 bits per heavy atom. The third-order valence-corrected chi connectivity index (χ3v) is 6.62. The number of hydrogen-bond acceptors (Lipinski definition) is 7. The van der Waals surface area contributed by atoms with Crippen LogP contribution in [0.3, 0.4) is 0 Å². The first-order valence-corrected chi connectivity index (χ1v) is 10.3. The Morgan fingerprint density at radius 2 is 1.93 bits per heavy atom. The number of amides is 2. The molecule has 0 saturated carbocycles. The van der Waals surface area contributed by atoms with Gasteiger partial charge in [-0.2, -0.15) is 0 Å². The zero-order valence-corrected chi connectivity index (χ0v) is 17.2. The average molecular weight is 414 g/mol. The second-order valence-corrected chi connectivity index (χ2v) is 8.25. The first-order valence-electron chi connectivity index (χ1n) is 9.42. The molecule has 4 atom stereocenters. The molecule has 2 fully saturated rings. The largest absolute Gasteiger partial charge is 0.497 e. The van der Waals surface area contributed by atoms with Crippen molar-refractivity contribution < 1.29 is 23.9 Å². The molecule has 3 heterocycles. The summed E-state index contributed by atoms with van der Waals surface area (Å²) in [7, 11) is 1.55. The van der Waals surface area contributed by atoms with E-state index >= 15 is 0 Å². The van der Waals surface area contributed by atoms with Crippen LogP contribution in [0.15, 0.2) is 41.8 Å². The van der Waals surface area contributed by atoms with Gasteiger partial charge in [0.1, 0.15) is 11.3 Å². The molecule has 0 spiro atoms. The number of thiophene rings is 1. The van der Waals surface area contributed by atoms with Gasteiger partial charge in [-0.15, -0.1) is 11.3 Å². The number of benzene rings is 1. The molecule has 29 heavy (non-hydrogen) atoms. The van der Waals surface area contributed by atoms with E-state index in [9.17, 15) is 14.4 Å². The van der Waals surface area contributed by atoms with Gasteiger partial charge in [0.2, 0.25) is 11.8 Å². The van der Waals surface area contributed by atoms with Gasteiger partial charge in [-0.25, -0.2) is 4.90 Å². The Balaban J connectivity index is 1.77. The molecule has 1 N–H and O–H groups in total. The van der Waals surface area contributed by atoms with Crippen molar-refractivity contribution in [3.05, 3.63) is 46.7 Å². The van der Waals surface area contributed by atoms with E-state index in [1.165, 1.54) is 16.2 Å². The maximum atomic E-state index is 13.4. The van der Waals surface area contributed by atoms with Crippen LogP contribution in [0.1, 0.15) is 24.8 Å². The molecular weight excluding hydrogens is 392 g/mol. The zero-order valence-electron chi connectivity index (χ0n) is 16.4. The van der Waals surface area contributed by atoms with Crippen LogP contribution >= 0.6 is 11.3 Å². The number of fused-ring (bicyclic) bond motifs is 1. The number of anilines is 1. The van der Waals surface area contributed by atoms with Crippen LogP contribution < -0.4 is 15.0 Å². The van der Waals surface area contributed by atoms with E-state index in [-0.39, 0.29) is 12.5 Å². The molecule has 1 aromatic heterocycles.